The van der Waals surface area contributed by atoms with Crippen LogP contribution in [0.5, 0.6) is 0 Å². The molecule has 0 fully saturated rings. The van der Waals surface area contributed by atoms with Gasteiger partial charge in [0.05, 0.1) is 32.5 Å². The molecule has 1 amide bonds. The van der Waals surface area contributed by atoms with Crippen molar-refractivity contribution in [2.45, 2.75) is 118 Å². The van der Waals surface area contributed by atoms with Gasteiger partial charge in [0.25, 0.3) is 0 Å². The summed E-state index contributed by atoms with van der Waals surface area (Å²) in [5, 5.41) is 2.69. The number of hydrogen-bond acceptors (Lipinski definition) is 9. The Morgan fingerprint density at radius 2 is 1.29 bits per heavy atom. The minimum atomic E-state index is -2.49. The largest absolute Gasteiger partial charge is 0.500 e. The van der Waals surface area contributed by atoms with E-state index in [0.717, 1.165) is 31.7 Å². The Kier molecular flexibility index (Phi) is 25.2. The fourth-order valence-corrected chi connectivity index (χ4v) is 6.72. The van der Waals surface area contributed by atoms with E-state index in [9.17, 15) is 9.59 Å². The number of hydrogen-bond donors (Lipinski definition) is 1. The fourth-order valence-electron chi connectivity index (χ4n) is 4.04. The molecule has 0 heterocycles. The van der Waals surface area contributed by atoms with Gasteiger partial charge in [-0.2, -0.15) is 0 Å². The maximum absolute atomic E-state index is 11.8. The molecule has 0 aromatic heterocycles. The normalized spacial score (nSPS) is 13.0. The lowest BCUT2D eigenvalue weighted by Crippen LogP contribution is -2.45. The Balaban J connectivity index is 3.61. The average Bonchev–Trinajstić information content (AvgIpc) is 2.92. The second-order valence-corrected chi connectivity index (χ2v) is 12.9. The molecule has 0 bridgehead atoms. The molecule has 0 aliphatic rings. The van der Waals surface area contributed by atoms with Gasteiger partial charge in [0, 0.05) is 38.0 Å². The molecule has 0 radical (unpaired) electrons. The fraction of sp³-hybridized carbons (Fsp3) is 0.867. The number of unbranched alkanes of at least 4 members (excludes halogenated alkanes) is 8. The van der Waals surface area contributed by atoms with Crippen molar-refractivity contribution in [3.05, 3.63) is 12.2 Å². The minimum absolute atomic E-state index is 0.165. The SMILES string of the molecule is C=C(C)C(=O)OC(C)COC(C)COCCNC(=O)OCCCCCCCCCCC[Si](OCC)(OCC)OCC. The van der Waals surface area contributed by atoms with Crippen molar-refractivity contribution in [2.75, 3.05) is 52.8 Å². The van der Waals surface area contributed by atoms with E-state index in [2.05, 4.69) is 11.9 Å². The van der Waals surface area contributed by atoms with Crippen LogP contribution in [0.3, 0.4) is 0 Å². The van der Waals surface area contributed by atoms with Gasteiger partial charge in [-0.1, -0.05) is 51.5 Å². The first-order valence-corrected chi connectivity index (χ1v) is 17.5. The molecule has 41 heavy (non-hydrogen) atoms. The van der Waals surface area contributed by atoms with Crippen LogP contribution < -0.4 is 5.32 Å². The summed E-state index contributed by atoms with van der Waals surface area (Å²) in [6, 6.07) is 0.897. The molecule has 11 heteroatoms. The van der Waals surface area contributed by atoms with E-state index >= 15 is 0 Å². The smallest absolute Gasteiger partial charge is 0.457 e. The van der Waals surface area contributed by atoms with Gasteiger partial charge in [-0.25, -0.2) is 9.59 Å². The third kappa shape index (κ3) is 22.7. The zero-order chi connectivity index (χ0) is 30.8. The first-order chi connectivity index (χ1) is 19.7. The van der Waals surface area contributed by atoms with Crippen LogP contribution in [0.2, 0.25) is 6.04 Å². The molecule has 242 valence electrons. The van der Waals surface area contributed by atoms with E-state index in [4.69, 9.17) is 32.2 Å². The van der Waals surface area contributed by atoms with Crippen molar-refractivity contribution in [1.82, 2.24) is 5.32 Å². The van der Waals surface area contributed by atoms with Crippen LogP contribution in [0.4, 0.5) is 4.79 Å². The number of amides is 1. The highest BCUT2D eigenvalue weighted by Gasteiger charge is 2.39. The number of carbonyl (C=O) groups excluding carboxylic acids is 2. The lowest BCUT2D eigenvalue weighted by atomic mass is 10.1. The van der Waals surface area contributed by atoms with E-state index in [-0.39, 0.29) is 18.8 Å². The molecule has 0 aromatic rings. The molecule has 10 nitrogen and oxygen atoms in total. The van der Waals surface area contributed by atoms with Gasteiger partial charge in [0.15, 0.2) is 0 Å². The number of rotatable bonds is 28. The lowest BCUT2D eigenvalue weighted by molar-refractivity contribution is -0.147. The maximum atomic E-state index is 11.8. The van der Waals surface area contributed by atoms with Gasteiger partial charge in [-0.3, -0.25) is 0 Å². The van der Waals surface area contributed by atoms with E-state index in [1.807, 2.05) is 27.7 Å². The van der Waals surface area contributed by atoms with Crippen LogP contribution >= 0.6 is 0 Å². The van der Waals surface area contributed by atoms with Gasteiger partial charge in [0.2, 0.25) is 0 Å². The molecular formula is C30H59NO9Si. The quantitative estimate of drug-likeness (QED) is 0.0482. The van der Waals surface area contributed by atoms with Gasteiger partial charge in [-0.15, -0.1) is 0 Å². The van der Waals surface area contributed by atoms with Crippen molar-refractivity contribution < 1.29 is 41.8 Å². The minimum Gasteiger partial charge on any atom is -0.457 e. The molecule has 0 rings (SSSR count). The number of carbonyl (C=O) groups is 2. The van der Waals surface area contributed by atoms with Crippen molar-refractivity contribution in [3.8, 4) is 0 Å². The summed E-state index contributed by atoms with van der Waals surface area (Å²) in [4.78, 5) is 23.3. The van der Waals surface area contributed by atoms with Gasteiger partial charge < -0.3 is 37.5 Å². The predicted molar refractivity (Wildman–Crippen MR) is 163 cm³/mol. The first-order valence-electron chi connectivity index (χ1n) is 15.6. The van der Waals surface area contributed by atoms with Crippen molar-refractivity contribution in [3.63, 3.8) is 0 Å². The van der Waals surface area contributed by atoms with Gasteiger partial charge >= 0.3 is 20.9 Å². The van der Waals surface area contributed by atoms with Crippen molar-refractivity contribution >= 4 is 20.9 Å². The zero-order valence-corrected chi connectivity index (χ0v) is 27.8. The Morgan fingerprint density at radius 1 is 0.756 bits per heavy atom. The Hall–Kier alpha value is -1.50. The molecule has 0 saturated carbocycles. The second kappa shape index (κ2) is 26.1. The number of esters is 1. The third-order valence-electron chi connectivity index (χ3n) is 6.09. The van der Waals surface area contributed by atoms with Crippen molar-refractivity contribution in [2.24, 2.45) is 0 Å². The molecule has 0 aliphatic carbocycles. The summed E-state index contributed by atoms with van der Waals surface area (Å²) in [6.45, 7) is 18.5. The summed E-state index contributed by atoms with van der Waals surface area (Å²) in [5.74, 6) is -0.427. The molecule has 0 aliphatic heterocycles. The topological polar surface area (TPSA) is 111 Å². The lowest BCUT2D eigenvalue weighted by Gasteiger charge is -2.28. The number of ether oxygens (including phenoxy) is 4. The average molecular weight is 606 g/mol. The summed E-state index contributed by atoms with van der Waals surface area (Å²) in [5.41, 5.74) is 0.357. The Morgan fingerprint density at radius 3 is 1.83 bits per heavy atom. The zero-order valence-electron chi connectivity index (χ0n) is 26.8. The van der Waals surface area contributed by atoms with Crippen LogP contribution in [0, 0.1) is 0 Å². The van der Waals surface area contributed by atoms with Gasteiger partial charge in [0.1, 0.15) is 6.10 Å². The third-order valence-corrected chi connectivity index (χ3v) is 9.25. The van der Waals surface area contributed by atoms with Crippen LogP contribution in [0.25, 0.3) is 0 Å². The highest BCUT2D eigenvalue weighted by molar-refractivity contribution is 6.60. The standard InChI is InChI=1S/C30H59NO9Si/c1-8-37-41(38-9-2,39-10-3)23-19-17-15-13-11-12-14-16-18-21-35-30(33)31-20-22-34-24-27(6)36-25-28(7)40-29(32)26(4)5/h27-28H,4,8-25H2,1-3,5-7H3,(H,31,33). The molecular weight excluding hydrogens is 546 g/mol. The molecule has 0 aromatic carbocycles. The predicted octanol–water partition coefficient (Wildman–Crippen LogP) is 6.20. The highest BCUT2D eigenvalue weighted by atomic mass is 28.4. The van der Waals surface area contributed by atoms with Crippen LogP contribution in [0.1, 0.15) is 99.3 Å². The van der Waals surface area contributed by atoms with Crippen LogP contribution in [0.15, 0.2) is 12.2 Å². The summed E-state index contributed by atoms with van der Waals surface area (Å²) < 4.78 is 39.3. The number of nitrogens with one attached hydrogen (secondary N) is 1. The van der Waals surface area contributed by atoms with Crippen LogP contribution in [-0.4, -0.2) is 85.9 Å². The molecule has 0 spiro atoms. The van der Waals surface area contributed by atoms with Crippen LogP contribution in [-0.2, 0) is 37.0 Å². The van der Waals surface area contributed by atoms with E-state index in [0.29, 0.717) is 51.8 Å². The Labute approximate surface area is 250 Å². The molecule has 2 unspecified atom stereocenters. The molecule has 1 N–H and O–H groups in total. The first kappa shape index (κ1) is 39.5. The van der Waals surface area contributed by atoms with Crippen molar-refractivity contribution in [1.29, 1.82) is 0 Å². The summed E-state index contributed by atoms with van der Waals surface area (Å²) in [7, 11) is -2.49. The Bertz CT molecular complexity index is 663. The maximum Gasteiger partial charge on any atom is 0.500 e. The number of alkyl carbamates (subject to hydrolysis) is 1. The highest BCUT2D eigenvalue weighted by Crippen LogP contribution is 2.21. The summed E-state index contributed by atoms with van der Waals surface area (Å²) in [6.07, 6.45) is 9.30. The summed E-state index contributed by atoms with van der Waals surface area (Å²) >= 11 is 0. The molecule has 0 saturated heterocycles. The van der Waals surface area contributed by atoms with E-state index in [1.54, 1.807) is 13.8 Å². The second-order valence-electron chi connectivity index (χ2n) is 10.2. The van der Waals surface area contributed by atoms with E-state index < -0.39 is 20.9 Å². The monoisotopic (exact) mass is 605 g/mol. The van der Waals surface area contributed by atoms with Gasteiger partial charge in [-0.05, 0) is 54.4 Å². The molecule has 2 atom stereocenters. The van der Waals surface area contributed by atoms with E-state index in [1.165, 1.54) is 32.1 Å².